The lowest BCUT2D eigenvalue weighted by Gasteiger charge is -2.35. The van der Waals surface area contributed by atoms with E-state index in [4.69, 9.17) is 9.78 Å². The van der Waals surface area contributed by atoms with Crippen LogP contribution >= 0.6 is 0 Å². The van der Waals surface area contributed by atoms with E-state index in [0.29, 0.717) is 23.3 Å². The number of carbonyl (C=O) groups excluding carboxylic acids is 1. The third-order valence-corrected chi connectivity index (χ3v) is 7.26. The van der Waals surface area contributed by atoms with Crippen molar-refractivity contribution in [2.45, 2.75) is 65.8 Å². The van der Waals surface area contributed by atoms with Gasteiger partial charge in [0.15, 0.2) is 0 Å². The van der Waals surface area contributed by atoms with Crippen molar-refractivity contribution in [3.63, 3.8) is 0 Å². The molecule has 24 heavy (non-hydrogen) atoms. The van der Waals surface area contributed by atoms with Gasteiger partial charge in [0.25, 0.3) is 0 Å². The summed E-state index contributed by atoms with van der Waals surface area (Å²) in [4.78, 5) is 23.1. The maximum Gasteiger partial charge on any atom is 0.373 e. The zero-order valence-corrected chi connectivity index (χ0v) is 17.0. The van der Waals surface area contributed by atoms with E-state index < -0.39 is 14.0 Å². The Morgan fingerprint density at radius 1 is 1.12 bits per heavy atom. The Morgan fingerprint density at radius 2 is 1.75 bits per heavy atom. The molecule has 0 radical (unpaired) electrons. The van der Waals surface area contributed by atoms with Gasteiger partial charge in [0.2, 0.25) is 0 Å². The molecule has 0 bridgehead atoms. The maximum atomic E-state index is 12.3. The van der Waals surface area contributed by atoms with Crippen LogP contribution < -0.4 is 5.19 Å². The molecule has 134 valence electrons. The molecule has 1 aromatic rings. The van der Waals surface area contributed by atoms with Crippen LogP contribution in [0.15, 0.2) is 24.3 Å². The lowest BCUT2D eigenvalue weighted by atomic mass is 9.75. The van der Waals surface area contributed by atoms with Gasteiger partial charge in [-0.05, 0) is 42.7 Å². The first kappa shape index (κ1) is 19.2. The summed E-state index contributed by atoms with van der Waals surface area (Å²) in [6.07, 6.45) is 3.35. The smallest absolute Gasteiger partial charge is 0.293 e. The van der Waals surface area contributed by atoms with Crippen LogP contribution in [0.5, 0.6) is 0 Å². The summed E-state index contributed by atoms with van der Waals surface area (Å²) < 4.78 is 0. The predicted octanol–water partition coefficient (Wildman–Crippen LogP) is 4.78. The SMILES string of the molecule is CC1CCC(C(C)C)C(OOC(=O)c2ccc([Si](C)(C)C)cc2)C1. The average Bonchev–Trinajstić information content (AvgIpc) is 2.51. The third-order valence-electron chi connectivity index (χ3n) is 5.20. The molecular weight excluding hydrogens is 316 g/mol. The number of hydrogen-bond acceptors (Lipinski definition) is 3. The highest BCUT2D eigenvalue weighted by molar-refractivity contribution is 6.88. The lowest BCUT2D eigenvalue weighted by Crippen LogP contribution is -2.37. The van der Waals surface area contributed by atoms with E-state index in [1.54, 1.807) is 0 Å². The van der Waals surface area contributed by atoms with Crippen molar-refractivity contribution in [3.05, 3.63) is 29.8 Å². The summed E-state index contributed by atoms with van der Waals surface area (Å²) in [5.74, 6) is 1.23. The van der Waals surface area contributed by atoms with Crippen molar-refractivity contribution in [1.29, 1.82) is 0 Å². The second-order valence-electron chi connectivity index (χ2n) is 8.66. The van der Waals surface area contributed by atoms with Gasteiger partial charge in [0.05, 0.1) is 13.6 Å². The second kappa shape index (κ2) is 7.83. The monoisotopic (exact) mass is 348 g/mol. The second-order valence-corrected chi connectivity index (χ2v) is 13.7. The molecule has 2 rings (SSSR count). The fourth-order valence-electron chi connectivity index (χ4n) is 3.49. The molecular formula is C20H32O3Si. The van der Waals surface area contributed by atoms with Crippen LogP contribution in [0.1, 0.15) is 50.4 Å². The van der Waals surface area contributed by atoms with Crippen LogP contribution in [0.3, 0.4) is 0 Å². The van der Waals surface area contributed by atoms with E-state index in [-0.39, 0.29) is 6.10 Å². The highest BCUT2D eigenvalue weighted by Crippen LogP contribution is 2.35. The Labute approximate surface area is 147 Å². The largest absolute Gasteiger partial charge is 0.373 e. The van der Waals surface area contributed by atoms with E-state index in [2.05, 4.69) is 40.4 Å². The zero-order chi connectivity index (χ0) is 17.9. The minimum Gasteiger partial charge on any atom is -0.293 e. The molecule has 0 heterocycles. The van der Waals surface area contributed by atoms with E-state index >= 15 is 0 Å². The molecule has 1 fully saturated rings. The van der Waals surface area contributed by atoms with Crippen LogP contribution in [0.4, 0.5) is 0 Å². The first-order chi connectivity index (χ1) is 11.2. The van der Waals surface area contributed by atoms with Crippen LogP contribution in [-0.2, 0) is 9.78 Å². The van der Waals surface area contributed by atoms with E-state index in [9.17, 15) is 4.79 Å². The molecule has 4 heteroatoms. The van der Waals surface area contributed by atoms with Crippen molar-refractivity contribution >= 4 is 19.2 Å². The molecule has 3 atom stereocenters. The zero-order valence-electron chi connectivity index (χ0n) is 16.0. The Bertz CT molecular complexity index is 545. The Hall–Kier alpha value is -1.13. The van der Waals surface area contributed by atoms with Crippen LogP contribution in [0.2, 0.25) is 19.6 Å². The highest BCUT2D eigenvalue weighted by atomic mass is 28.3. The van der Waals surface area contributed by atoms with Crippen molar-refractivity contribution in [1.82, 2.24) is 0 Å². The number of benzene rings is 1. The molecule has 1 aliphatic carbocycles. The summed E-state index contributed by atoms with van der Waals surface area (Å²) in [6.45, 7) is 13.5. The Morgan fingerprint density at radius 3 is 2.29 bits per heavy atom. The molecule has 0 spiro atoms. The first-order valence-electron chi connectivity index (χ1n) is 9.16. The van der Waals surface area contributed by atoms with Gasteiger partial charge < -0.3 is 0 Å². The molecule has 0 saturated heterocycles. The van der Waals surface area contributed by atoms with Gasteiger partial charge in [-0.1, -0.05) is 64.2 Å². The van der Waals surface area contributed by atoms with Crippen LogP contribution in [-0.4, -0.2) is 20.1 Å². The molecule has 0 N–H and O–H groups in total. The van der Waals surface area contributed by atoms with Gasteiger partial charge in [-0.15, -0.1) is 0 Å². The summed E-state index contributed by atoms with van der Waals surface area (Å²) in [7, 11) is -1.35. The number of hydrogen-bond donors (Lipinski definition) is 0. The van der Waals surface area contributed by atoms with E-state index in [1.165, 1.54) is 11.6 Å². The fraction of sp³-hybridized carbons (Fsp3) is 0.650. The summed E-state index contributed by atoms with van der Waals surface area (Å²) in [5.41, 5.74) is 0.557. The first-order valence-corrected chi connectivity index (χ1v) is 12.7. The summed E-state index contributed by atoms with van der Waals surface area (Å²) >= 11 is 0. The minimum atomic E-state index is -1.35. The van der Waals surface area contributed by atoms with Crippen LogP contribution in [0.25, 0.3) is 0 Å². The Kier molecular flexibility index (Phi) is 6.26. The molecule has 0 aromatic heterocycles. The van der Waals surface area contributed by atoms with Gasteiger partial charge in [0, 0.05) is 0 Å². The van der Waals surface area contributed by atoms with E-state index in [1.807, 2.05) is 24.3 Å². The third kappa shape index (κ3) is 4.93. The summed E-state index contributed by atoms with van der Waals surface area (Å²) in [6, 6.07) is 7.79. The minimum absolute atomic E-state index is 0.0129. The van der Waals surface area contributed by atoms with Gasteiger partial charge in [-0.25, -0.2) is 4.79 Å². The van der Waals surface area contributed by atoms with Gasteiger partial charge in [-0.2, -0.15) is 4.89 Å². The van der Waals surface area contributed by atoms with Crippen molar-refractivity contribution in [2.24, 2.45) is 17.8 Å². The Balaban J connectivity index is 1.96. The average molecular weight is 349 g/mol. The lowest BCUT2D eigenvalue weighted by molar-refractivity contribution is -0.296. The maximum absolute atomic E-state index is 12.3. The van der Waals surface area contributed by atoms with Gasteiger partial charge in [-0.3, -0.25) is 4.89 Å². The molecule has 1 saturated carbocycles. The fourth-order valence-corrected chi connectivity index (χ4v) is 4.65. The molecule has 3 nitrogen and oxygen atoms in total. The number of carbonyl (C=O) groups is 1. The standard InChI is InChI=1S/C20H32O3Si/c1-14(2)18-12-7-15(3)13-19(18)22-23-20(21)16-8-10-17(11-9-16)24(4,5)6/h8-11,14-15,18-19H,7,12-13H2,1-6H3. The number of rotatable bonds is 5. The molecule has 0 aliphatic heterocycles. The predicted molar refractivity (Wildman–Crippen MR) is 101 cm³/mol. The summed E-state index contributed by atoms with van der Waals surface area (Å²) in [5, 5.41) is 1.33. The van der Waals surface area contributed by atoms with Gasteiger partial charge in [0.1, 0.15) is 6.10 Å². The topological polar surface area (TPSA) is 35.5 Å². The molecule has 3 unspecified atom stereocenters. The van der Waals surface area contributed by atoms with Crippen molar-refractivity contribution in [3.8, 4) is 0 Å². The van der Waals surface area contributed by atoms with Gasteiger partial charge >= 0.3 is 5.97 Å². The highest BCUT2D eigenvalue weighted by Gasteiger charge is 2.33. The normalized spacial score (nSPS) is 24.9. The van der Waals surface area contributed by atoms with Crippen molar-refractivity contribution in [2.75, 3.05) is 0 Å². The molecule has 0 amide bonds. The van der Waals surface area contributed by atoms with E-state index in [0.717, 1.165) is 12.8 Å². The molecule has 1 aliphatic rings. The quantitative estimate of drug-likeness (QED) is 0.436. The van der Waals surface area contributed by atoms with Crippen LogP contribution in [0, 0.1) is 17.8 Å². The molecule has 1 aromatic carbocycles. The van der Waals surface area contributed by atoms with Crippen molar-refractivity contribution < 1.29 is 14.6 Å².